The molecule has 4 heteroatoms. The van der Waals surface area contributed by atoms with E-state index >= 15 is 0 Å². The van der Waals surface area contributed by atoms with Crippen LogP contribution in [0.4, 0.5) is 0 Å². The van der Waals surface area contributed by atoms with E-state index in [1.54, 1.807) is 11.3 Å². The van der Waals surface area contributed by atoms with Crippen LogP contribution in [-0.2, 0) is 0 Å². The molecule has 2 heterocycles. The van der Waals surface area contributed by atoms with Crippen molar-refractivity contribution in [2.75, 3.05) is 6.54 Å². The molecule has 1 N–H and O–H groups in total. The maximum atomic E-state index is 4.59. The average molecular weight is 339 g/mol. The molecule has 0 spiro atoms. The molecule has 1 atom stereocenters. The number of nitrogens with one attached hydrogen (secondary N) is 1. The number of aromatic nitrogens is 1. The van der Waals surface area contributed by atoms with Gasteiger partial charge in [0.25, 0.3) is 0 Å². The summed E-state index contributed by atoms with van der Waals surface area (Å²) in [7, 11) is 0. The molecule has 0 aliphatic carbocycles. The van der Waals surface area contributed by atoms with Gasteiger partial charge in [0.05, 0.1) is 6.04 Å². The zero-order chi connectivity index (χ0) is 13.8. The molecule has 0 amide bonds. The fourth-order valence-electron chi connectivity index (χ4n) is 2.15. The lowest BCUT2D eigenvalue weighted by Crippen LogP contribution is -2.23. The molecule has 0 aromatic carbocycles. The quantitative estimate of drug-likeness (QED) is 0.860. The van der Waals surface area contributed by atoms with Crippen molar-refractivity contribution >= 4 is 27.3 Å². The summed E-state index contributed by atoms with van der Waals surface area (Å²) in [6.45, 7) is 7.31. The fraction of sp³-hybridized carbons (Fsp3) is 0.400. The van der Waals surface area contributed by atoms with Crippen LogP contribution < -0.4 is 5.32 Å². The molecule has 102 valence electrons. The van der Waals surface area contributed by atoms with Crippen molar-refractivity contribution in [2.24, 2.45) is 0 Å². The third kappa shape index (κ3) is 3.44. The predicted octanol–water partition coefficient (Wildman–Crippen LogP) is 4.61. The Morgan fingerprint density at radius 3 is 2.68 bits per heavy atom. The Kier molecular flexibility index (Phi) is 5.13. The zero-order valence-electron chi connectivity index (χ0n) is 11.5. The largest absolute Gasteiger partial charge is 0.306 e. The van der Waals surface area contributed by atoms with Gasteiger partial charge in [-0.1, -0.05) is 13.0 Å². The van der Waals surface area contributed by atoms with E-state index < -0.39 is 0 Å². The molecule has 0 bridgehead atoms. The normalized spacial score (nSPS) is 12.6. The minimum atomic E-state index is 0.224. The summed E-state index contributed by atoms with van der Waals surface area (Å²) in [6.07, 6.45) is 1.12. The third-order valence-electron chi connectivity index (χ3n) is 3.08. The summed E-state index contributed by atoms with van der Waals surface area (Å²) < 4.78 is 1.17. The molecular formula is C15H19BrN2S. The number of hydrogen-bond donors (Lipinski definition) is 1. The van der Waals surface area contributed by atoms with E-state index in [9.17, 15) is 0 Å². The van der Waals surface area contributed by atoms with Gasteiger partial charge in [-0.3, -0.25) is 4.98 Å². The first-order chi connectivity index (χ1) is 9.13. The second-order valence-corrected chi connectivity index (χ2v) is 6.45. The molecule has 0 saturated carbocycles. The van der Waals surface area contributed by atoms with E-state index in [1.807, 2.05) is 6.92 Å². The van der Waals surface area contributed by atoms with Gasteiger partial charge >= 0.3 is 0 Å². The van der Waals surface area contributed by atoms with Crippen LogP contribution in [0.5, 0.6) is 0 Å². The Morgan fingerprint density at radius 1 is 1.32 bits per heavy atom. The van der Waals surface area contributed by atoms with Gasteiger partial charge in [0.1, 0.15) is 0 Å². The van der Waals surface area contributed by atoms with Crippen LogP contribution in [0, 0.1) is 13.8 Å². The SMILES string of the molecule is CCCNC(c1ccc(C)nc1C)c1sccc1Br. The second-order valence-electron chi connectivity index (χ2n) is 4.65. The van der Waals surface area contributed by atoms with Crippen molar-refractivity contribution in [1.82, 2.24) is 10.3 Å². The van der Waals surface area contributed by atoms with Crippen molar-refractivity contribution in [3.8, 4) is 0 Å². The van der Waals surface area contributed by atoms with E-state index in [0.29, 0.717) is 0 Å². The number of pyridine rings is 1. The molecule has 0 fully saturated rings. The van der Waals surface area contributed by atoms with Gasteiger partial charge in [-0.15, -0.1) is 11.3 Å². The van der Waals surface area contributed by atoms with Crippen molar-refractivity contribution in [3.05, 3.63) is 49.9 Å². The monoisotopic (exact) mass is 338 g/mol. The number of aryl methyl sites for hydroxylation is 2. The summed E-state index contributed by atoms with van der Waals surface area (Å²) in [5.74, 6) is 0. The molecule has 0 saturated heterocycles. The number of rotatable bonds is 5. The molecule has 2 aromatic heterocycles. The zero-order valence-corrected chi connectivity index (χ0v) is 13.9. The average Bonchev–Trinajstić information content (AvgIpc) is 2.78. The fourth-order valence-corrected chi connectivity index (χ4v) is 3.84. The highest BCUT2D eigenvalue weighted by molar-refractivity contribution is 9.10. The number of thiophene rings is 1. The van der Waals surface area contributed by atoms with E-state index in [4.69, 9.17) is 0 Å². The van der Waals surface area contributed by atoms with Crippen molar-refractivity contribution in [1.29, 1.82) is 0 Å². The molecule has 0 aliphatic heterocycles. The van der Waals surface area contributed by atoms with Crippen LogP contribution in [0.1, 0.15) is 41.2 Å². The van der Waals surface area contributed by atoms with E-state index in [2.05, 4.69) is 63.7 Å². The number of nitrogens with zero attached hydrogens (tertiary/aromatic N) is 1. The molecule has 0 radical (unpaired) electrons. The van der Waals surface area contributed by atoms with Crippen molar-refractivity contribution in [2.45, 2.75) is 33.2 Å². The molecule has 2 aromatic rings. The van der Waals surface area contributed by atoms with Crippen LogP contribution in [0.25, 0.3) is 0 Å². The Bertz CT molecular complexity index is 551. The molecule has 1 unspecified atom stereocenters. The van der Waals surface area contributed by atoms with Crippen LogP contribution in [0.2, 0.25) is 0 Å². The molecule has 0 aliphatic rings. The molecule has 2 rings (SSSR count). The first kappa shape index (κ1) is 14.7. The number of hydrogen-bond acceptors (Lipinski definition) is 3. The first-order valence-corrected chi connectivity index (χ1v) is 8.21. The lowest BCUT2D eigenvalue weighted by molar-refractivity contribution is 0.599. The Balaban J connectivity index is 2.40. The van der Waals surface area contributed by atoms with Gasteiger partial charge in [0.15, 0.2) is 0 Å². The van der Waals surface area contributed by atoms with Crippen LogP contribution in [-0.4, -0.2) is 11.5 Å². The van der Waals surface area contributed by atoms with Gasteiger partial charge in [0, 0.05) is 20.7 Å². The maximum Gasteiger partial charge on any atom is 0.0700 e. The van der Waals surface area contributed by atoms with Crippen molar-refractivity contribution in [3.63, 3.8) is 0 Å². The van der Waals surface area contributed by atoms with Gasteiger partial charge < -0.3 is 5.32 Å². The summed E-state index contributed by atoms with van der Waals surface area (Å²) in [5, 5.41) is 5.75. The van der Waals surface area contributed by atoms with E-state index in [-0.39, 0.29) is 6.04 Å². The summed E-state index contributed by atoms with van der Waals surface area (Å²) in [5.41, 5.74) is 3.44. The Hall–Kier alpha value is -0.710. The highest BCUT2D eigenvalue weighted by Crippen LogP contribution is 2.34. The van der Waals surface area contributed by atoms with Gasteiger partial charge in [-0.2, -0.15) is 0 Å². The van der Waals surface area contributed by atoms with Gasteiger partial charge in [0.2, 0.25) is 0 Å². The highest BCUT2D eigenvalue weighted by Gasteiger charge is 2.19. The van der Waals surface area contributed by atoms with E-state index in [0.717, 1.165) is 24.4 Å². The predicted molar refractivity (Wildman–Crippen MR) is 85.9 cm³/mol. The van der Waals surface area contributed by atoms with Crippen LogP contribution in [0.3, 0.4) is 0 Å². The minimum Gasteiger partial charge on any atom is -0.306 e. The molecular weight excluding hydrogens is 320 g/mol. The van der Waals surface area contributed by atoms with Crippen LogP contribution >= 0.6 is 27.3 Å². The molecule has 19 heavy (non-hydrogen) atoms. The first-order valence-electron chi connectivity index (χ1n) is 6.54. The number of halogens is 1. The van der Waals surface area contributed by atoms with Gasteiger partial charge in [-0.25, -0.2) is 0 Å². The summed E-state index contributed by atoms with van der Waals surface area (Å²) in [4.78, 5) is 5.91. The topological polar surface area (TPSA) is 24.9 Å². The van der Waals surface area contributed by atoms with Crippen molar-refractivity contribution < 1.29 is 0 Å². The summed E-state index contributed by atoms with van der Waals surface area (Å²) >= 11 is 5.42. The van der Waals surface area contributed by atoms with E-state index in [1.165, 1.54) is 14.9 Å². The summed E-state index contributed by atoms with van der Waals surface area (Å²) in [6, 6.07) is 6.61. The Morgan fingerprint density at radius 2 is 2.11 bits per heavy atom. The highest BCUT2D eigenvalue weighted by atomic mass is 79.9. The smallest absolute Gasteiger partial charge is 0.0700 e. The van der Waals surface area contributed by atoms with Gasteiger partial charge in [-0.05, 0) is 65.8 Å². The van der Waals surface area contributed by atoms with Crippen LogP contribution in [0.15, 0.2) is 28.1 Å². The maximum absolute atomic E-state index is 4.59. The lowest BCUT2D eigenvalue weighted by atomic mass is 10.0. The molecule has 2 nitrogen and oxygen atoms in total. The second kappa shape index (κ2) is 6.64. The Labute approximate surface area is 127 Å². The third-order valence-corrected chi connectivity index (χ3v) is 5.02. The minimum absolute atomic E-state index is 0.224. The standard InChI is InChI=1S/C15H19BrN2S/c1-4-8-17-14(15-13(16)7-9-19-15)12-6-5-10(2)18-11(12)3/h5-7,9,14,17H,4,8H2,1-3H3. The lowest BCUT2D eigenvalue weighted by Gasteiger charge is -2.20.